The summed E-state index contributed by atoms with van der Waals surface area (Å²) in [6, 6.07) is 6.07. The molecule has 21 heavy (non-hydrogen) atoms. The SMILES string of the molecule is Nc1cc(C(=O)Nc2c(Cl)cc(Br)cc2Cl)cc(Cl)c1Cl. The van der Waals surface area contributed by atoms with Crippen LogP contribution in [0, 0.1) is 0 Å². The van der Waals surface area contributed by atoms with Gasteiger partial charge in [0, 0.05) is 10.0 Å². The Kier molecular flexibility index (Phi) is 5.28. The maximum Gasteiger partial charge on any atom is 0.255 e. The molecule has 0 unspecified atom stereocenters. The van der Waals surface area contributed by atoms with E-state index in [0.29, 0.717) is 20.2 Å². The van der Waals surface area contributed by atoms with Crippen molar-refractivity contribution in [3.63, 3.8) is 0 Å². The van der Waals surface area contributed by atoms with E-state index in [0.717, 1.165) is 0 Å². The molecule has 3 N–H and O–H groups in total. The van der Waals surface area contributed by atoms with Crippen molar-refractivity contribution in [2.75, 3.05) is 11.1 Å². The predicted molar refractivity (Wildman–Crippen MR) is 93.0 cm³/mol. The van der Waals surface area contributed by atoms with Gasteiger partial charge in [0.2, 0.25) is 0 Å². The molecular formula is C13H7BrCl4N2O. The molecule has 0 saturated heterocycles. The van der Waals surface area contributed by atoms with Crippen molar-refractivity contribution < 1.29 is 4.79 Å². The Balaban J connectivity index is 2.35. The molecule has 0 bridgehead atoms. The highest BCUT2D eigenvalue weighted by atomic mass is 79.9. The summed E-state index contributed by atoms with van der Waals surface area (Å²) in [5.41, 5.74) is 6.44. The Morgan fingerprint density at radius 1 is 1.00 bits per heavy atom. The van der Waals surface area contributed by atoms with Gasteiger partial charge in [-0.25, -0.2) is 0 Å². The molecule has 2 aromatic carbocycles. The van der Waals surface area contributed by atoms with Gasteiger partial charge in [-0.05, 0) is 24.3 Å². The molecule has 0 radical (unpaired) electrons. The number of hydrogen-bond acceptors (Lipinski definition) is 2. The van der Waals surface area contributed by atoms with Crippen LogP contribution in [0.5, 0.6) is 0 Å². The zero-order valence-electron chi connectivity index (χ0n) is 10.2. The van der Waals surface area contributed by atoms with Crippen LogP contribution >= 0.6 is 62.3 Å². The first kappa shape index (κ1) is 16.7. The lowest BCUT2D eigenvalue weighted by Gasteiger charge is -2.11. The standard InChI is InChI=1S/C13H7BrCl4N2O/c14-6-3-8(16)12(9(17)4-6)20-13(21)5-1-7(15)11(18)10(19)2-5/h1-4H,19H2,(H,20,21). The lowest BCUT2D eigenvalue weighted by Crippen LogP contribution is -2.13. The third-order valence-electron chi connectivity index (χ3n) is 2.56. The van der Waals surface area contributed by atoms with E-state index in [1.807, 2.05) is 0 Å². The number of benzene rings is 2. The lowest BCUT2D eigenvalue weighted by atomic mass is 10.2. The summed E-state index contributed by atoms with van der Waals surface area (Å²) >= 11 is 27.1. The molecule has 8 heteroatoms. The van der Waals surface area contributed by atoms with E-state index in [-0.39, 0.29) is 21.3 Å². The summed E-state index contributed by atoms with van der Waals surface area (Å²) < 4.78 is 0.703. The third-order valence-corrected chi connectivity index (χ3v) is 4.43. The van der Waals surface area contributed by atoms with Crippen LogP contribution in [0.1, 0.15) is 10.4 Å². The molecule has 0 aliphatic rings. The molecule has 0 fully saturated rings. The van der Waals surface area contributed by atoms with Crippen molar-refractivity contribution in [1.29, 1.82) is 0 Å². The van der Waals surface area contributed by atoms with Gasteiger partial charge in [-0.1, -0.05) is 62.3 Å². The number of carbonyl (C=O) groups is 1. The van der Waals surface area contributed by atoms with E-state index in [4.69, 9.17) is 52.1 Å². The Bertz CT molecular complexity index is 690. The van der Waals surface area contributed by atoms with Gasteiger partial charge in [-0.2, -0.15) is 0 Å². The molecule has 3 nitrogen and oxygen atoms in total. The highest BCUT2D eigenvalue weighted by molar-refractivity contribution is 9.10. The fourth-order valence-corrected chi connectivity index (χ4v) is 3.23. The van der Waals surface area contributed by atoms with Gasteiger partial charge < -0.3 is 11.1 Å². The minimum Gasteiger partial charge on any atom is -0.397 e. The van der Waals surface area contributed by atoms with Crippen molar-refractivity contribution in [2.45, 2.75) is 0 Å². The minimum atomic E-state index is -0.452. The van der Waals surface area contributed by atoms with Gasteiger partial charge in [0.05, 0.1) is 31.5 Å². The molecule has 110 valence electrons. The summed E-state index contributed by atoms with van der Waals surface area (Å²) in [5, 5.41) is 3.61. The van der Waals surface area contributed by atoms with Gasteiger partial charge in [-0.3, -0.25) is 4.79 Å². The number of carbonyl (C=O) groups excluding carboxylic acids is 1. The summed E-state index contributed by atoms with van der Waals surface area (Å²) in [4.78, 5) is 12.2. The van der Waals surface area contributed by atoms with Gasteiger partial charge >= 0.3 is 0 Å². The molecule has 0 saturated carbocycles. The van der Waals surface area contributed by atoms with Crippen molar-refractivity contribution in [3.05, 3.63) is 54.4 Å². The van der Waals surface area contributed by atoms with E-state index in [1.165, 1.54) is 12.1 Å². The Morgan fingerprint density at radius 2 is 1.57 bits per heavy atom. The Morgan fingerprint density at radius 3 is 2.10 bits per heavy atom. The summed E-state index contributed by atoms with van der Waals surface area (Å²) in [5.74, 6) is -0.452. The summed E-state index contributed by atoms with van der Waals surface area (Å²) in [7, 11) is 0. The lowest BCUT2D eigenvalue weighted by molar-refractivity contribution is 0.102. The predicted octanol–water partition coefficient (Wildman–Crippen LogP) is 5.90. The Labute approximate surface area is 149 Å². The van der Waals surface area contributed by atoms with Gasteiger partial charge in [0.1, 0.15) is 0 Å². The first-order chi connectivity index (χ1) is 9.79. The fraction of sp³-hybridized carbons (Fsp3) is 0. The zero-order valence-corrected chi connectivity index (χ0v) is 14.8. The number of amides is 1. The quantitative estimate of drug-likeness (QED) is 0.585. The number of nitrogen functional groups attached to an aromatic ring is 1. The molecule has 0 heterocycles. The molecule has 0 aliphatic carbocycles. The van der Waals surface area contributed by atoms with Crippen LogP contribution in [0.2, 0.25) is 20.1 Å². The topological polar surface area (TPSA) is 55.1 Å². The van der Waals surface area contributed by atoms with E-state index < -0.39 is 5.91 Å². The number of hydrogen-bond donors (Lipinski definition) is 2. The van der Waals surface area contributed by atoms with E-state index in [9.17, 15) is 4.79 Å². The fourth-order valence-electron chi connectivity index (χ4n) is 1.59. The normalized spacial score (nSPS) is 10.5. The van der Waals surface area contributed by atoms with Crippen LogP contribution in [-0.2, 0) is 0 Å². The van der Waals surface area contributed by atoms with Gasteiger partial charge in [-0.15, -0.1) is 0 Å². The maximum atomic E-state index is 12.2. The molecular weight excluding hydrogens is 422 g/mol. The summed E-state index contributed by atoms with van der Waals surface area (Å²) in [6.45, 7) is 0. The second-order valence-electron chi connectivity index (χ2n) is 4.06. The Hall–Kier alpha value is -0.650. The number of anilines is 2. The molecule has 0 aliphatic heterocycles. The zero-order chi connectivity index (χ0) is 15.7. The highest BCUT2D eigenvalue weighted by Gasteiger charge is 2.15. The van der Waals surface area contributed by atoms with Gasteiger partial charge in [0.15, 0.2) is 0 Å². The van der Waals surface area contributed by atoms with Crippen molar-refractivity contribution in [2.24, 2.45) is 0 Å². The number of halogens is 5. The van der Waals surface area contributed by atoms with Crippen LogP contribution in [-0.4, -0.2) is 5.91 Å². The minimum absolute atomic E-state index is 0.190. The average molecular weight is 429 g/mol. The van der Waals surface area contributed by atoms with Crippen LogP contribution < -0.4 is 11.1 Å². The summed E-state index contributed by atoms with van der Waals surface area (Å²) in [6.07, 6.45) is 0. The molecule has 2 rings (SSSR count). The first-order valence-corrected chi connectivity index (χ1v) is 7.80. The van der Waals surface area contributed by atoms with E-state index in [1.54, 1.807) is 12.1 Å². The van der Waals surface area contributed by atoms with E-state index in [2.05, 4.69) is 21.2 Å². The van der Waals surface area contributed by atoms with Crippen LogP contribution in [0.25, 0.3) is 0 Å². The third kappa shape index (κ3) is 3.76. The molecule has 0 aromatic heterocycles. The highest BCUT2D eigenvalue weighted by Crippen LogP contribution is 2.35. The van der Waals surface area contributed by atoms with Crippen LogP contribution in [0.4, 0.5) is 11.4 Å². The molecule has 0 spiro atoms. The van der Waals surface area contributed by atoms with Crippen LogP contribution in [0.3, 0.4) is 0 Å². The number of nitrogens with two attached hydrogens (primary N) is 1. The molecule has 0 atom stereocenters. The molecule has 1 amide bonds. The monoisotopic (exact) mass is 426 g/mol. The number of rotatable bonds is 2. The van der Waals surface area contributed by atoms with E-state index >= 15 is 0 Å². The van der Waals surface area contributed by atoms with Crippen molar-refractivity contribution in [3.8, 4) is 0 Å². The average Bonchev–Trinajstić information content (AvgIpc) is 2.39. The van der Waals surface area contributed by atoms with Crippen LogP contribution in [0.15, 0.2) is 28.7 Å². The second kappa shape index (κ2) is 6.63. The molecule has 2 aromatic rings. The largest absolute Gasteiger partial charge is 0.397 e. The smallest absolute Gasteiger partial charge is 0.255 e. The first-order valence-electron chi connectivity index (χ1n) is 5.50. The maximum absolute atomic E-state index is 12.2. The van der Waals surface area contributed by atoms with Gasteiger partial charge in [0.25, 0.3) is 5.91 Å². The second-order valence-corrected chi connectivity index (χ2v) is 6.58. The van der Waals surface area contributed by atoms with Crippen molar-refractivity contribution >= 4 is 79.6 Å². The number of nitrogens with one attached hydrogen (secondary N) is 1. The van der Waals surface area contributed by atoms with Crippen molar-refractivity contribution in [1.82, 2.24) is 0 Å².